The molecule has 114 valence electrons. The lowest BCUT2D eigenvalue weighted by Gasteiger charge is -2.04. The Morgan fingerprint density at radius 1 is 1.24 bits per heavy atom. The quantitative estimate of drug-likeness (QED) is 0.817. The summed E-state index contributed by atoms with van der Waals surface area (Å²) in [5, 5.41) is -0.316. The minimum atomic E-state index is -3.76. The SMILES string of the molecule is CCCOc1nc(S(=O)(=O)c2ccccc2)oc1C(C)C. The Bertz CT molecular complexity index is 690. The molecule has 0 aliphatic carbocycles. The highest BCUT2D eigenvalue weighted by Gasteiger charge is 2.28. The van der Waals surface area contributed by atoms with Crippen molar-refractivity contribution in [1.29, 1.82) is 0 Å². The van der Waals surface area contributed by atoms with Crippen molar-refractivity contribution >= 4 is 9.84 Å². The van der Waals surface area contributed by atoms with Crippen LogP contribution in [0.1, 0.15) is 38.9 Å². The zero-order chi connectivity index (χ0) is 15.5. The third kappa shape index (κ3) is 3.26. The maximum atomic E-state index is 12.5. The summed E-state index contributed by atoms with van der Waals surface area (Å²) in [6.07, 6.45) is 0.811. The standard InChI is InChI=1S/C15H19NO4S/c1-4-10-19-14-13(11(2)3)20-15(16-14)21(17,18)12-8-6-5-7-9-12/h5-9,11H,4,10H2,1-3H3. The van der Waals surface area contributed by atoms with Crippen LogP contribution in [0, 0.1) is 0 Å². The average Bonchev–Trinajstić information content (AvgIpc) is 2.91. The monoisotopic (exact) mass is 309 g/mol. The van der Waals surface area contributed by atoms with E-state index in [4.69, 9.17) is 9.15 Å². The summed E-state index contributed by atoms with van der Waals surface area (Å²) < 4.78 is 35.9. The molecule has 0 saturated heterocycles. The lowest BCUT2D eigenvalue weighted by molar-refractivity contribution is 0.295. The molecular weight excluding hydrogens is 290 g/mol. The van der Waals surface area contributed by atoms with Crippen molar-refractivity contribution in [1.82, 2.24) is 4.98 Å². The van der Waals surface area contributed by atoms with Crippen molar-refractivity contribution in [3.63, 3.8) is 0 Å². The smallest absolute Gasteiger partial charge is 0.323 e. The van der Waals surface area contributed by atoms with E-state index < -0.39 is 9.84 Å². The number of nitrogens with zero attached hydrogens (tertiary/aromatic N) is 1. The second kappa shape index (κ2) is 6.30. The number of ether oxygens (including phenoxy) is 1. The maximum Gasteiger partial charge on any atom is 0.323 e. The molecule has 0 aliphatic heterocycles. The van der Waals surface area contributed by atoms with Gasteiger partial charge in [-0.1, -0.05) is 39.0 Å². The summed E-state index contributed by atoms with van der Waals surface area (Å²) in [7, 11) is -3.76. The van der Waals surface area contributed by atoms with Crippen molar-refractivity contribution < 1.29 is 17.6 Å². The number of oxazole rings is 1. The number of benzene rings is 1. The molecule has 5 nitrogen and oxygen atoms in total. The van der Waals surface area contributed by atoms with Gasteiger partial charge in [-0.15, -0.1) is 0 Å². The van der Waals surface area contributed by atoms with Crippen LogP contribution < -0.4 is 4.74 Å². The molecule has 0 radical (unpaired) electrons. The molecule has 1 heterocycles. The predicted molar refractivity (Wildman–Crippen MR) is 78.3 cm³/mol. The molecular formula is C15H19NO4S. The zero-order valence-corrected chi connectivity index (χ0v) is 13.2. The minimum absolute atomic E-state index is 0.0101. The molecule has 0 spiro atoms. The van der Waals surface area contributed by atoms with Crippen LogP contribution in [-0.2, 0) is 9.84 Å². The first-order chi connectivity index (χ1) is 9.96. The van der Waals surface area contributed by atoms with Crippen LogP contribution in [0.3, 0.4) is 0 Å². The highest BCUT2D eigenvalue weighted by atomic mass is 32.2. The number of hydrogen-bond donors (Lipinski definition) is 0. The fraction of sp³-hybridized carbons (Fsp3) is 0.400. The molecule has 0 fully saturated rings. The van der Waals surface area contributed by atoms with Crippen LogP contribution in [0.5, 0.6) is 5.88 Å². The van der Waals surface area contributed by atoms with E-state index in [0.717, 1.165) is 6.42 Å². The Hall–Kier alpha value is -1.82. The van der Waals surface area contributed by atoms with E-state index in [-0.39, 0.29) is 21.9 Å². The minimum Gasteiger partial charge on any atom is -0.475 e. The molecule has 1 aromatic heterocycles. The Morgan fingerprint density at radius 2 is 1.90 bits per heavy atom. The van der Waals surface area contributed by atoms with Gasteiger partial charge in [-0.25, -0.2) is 8.42 Å². The highest BCUT2D eigenvalue weighted by Crippen LogP contribution is 2.31. The molecule has 2 rings (SSSR count). The fourth-order valence-electron chi connectivity index (χ4n) is 1.78. The van der Waals surface area contributed by atoms with Gasteiger partial charge in [0.2, 0.25) is 0 Å². The second-order valence-corrected chi connectivity index (χ2v) is 6.80. The molecule has 1 aromatic carbocycles. The fourth-order valence-corrected chi connectivity index (χ4v) is 2.90. The normalized spacial score (nSPS) is 11.8. The van der Waals surface area contributed by atoms with E-state index in [1.807, 2.05) is 20.8 Å². The molecule has 0 aliphatic rings. The number of hydrogen-bond acceptors (Lipinski definition) is 5. The van der Waals surface area contributed by atoms with Gasteiger partial charge in [-0.3, -0.25) is 0 Å². The molecule has 0 saturated carbocycles. The van der Waals surface area contributed by atoms with Crippen LogP contribution in [0.2, 0.25) is 0 Å². The van der Waals surface area contributed by atoms with Gasteiger partial charge in [-0.05, 0) is 18.6 Å². The van der Waals surface area contributed by atoms with Crippen LogP contribution in [0.25, 0.3) is 0 Å². The lowest BCUT2D eigenvalue weighted by atomic mass is 10.2. The molecule has 21 heavy (non-hydrogen) atoms. The van der Waals surface area contributed by atoms with Gasteiger partial charge >= 0.3 is 5.22 Å². The van der Waals surface area contributed by atoms with Crippen molar-refractivity contribution in [3.8, 4) is 5.88 Å². The average molecular weight is 309 g/mol. The van der Waals surface area contributed by atoms with Crippen molar-refractivity contribution in [3.05, 3.63) is 36.1 Å². The van der Waals surface area contributed by atoms with Gasteiger partial charge in [0.1, 0.15) is 0 Å². The Morgan fingerprint density at radius 3 is 2.48 bits per heavy atom. The first kappa shape index (κ1) is 15.6. The lowest BCUT2D eigenvalue weighted by Crippen LogP contribution is -2.02. The first-order valence-electron chi connectivity index (χ1n) is 6.90. The molecule has 0 amide bonds. The largest absolute Gasteiger partial charge is 0.475 e. The van der Waals surface area contributed by atoms with Crippen LogP contribution in [0.4, 0.5) is 0 Å². The Kier molecular flexibility index (Phi) is 4.67. The summed E-state index contributed by atoms with van der Waals surface area (Å²) in [5.74, 6) is 0.711. The Labute approximate surface area is 124 Å². The van der Waals surface area contributed by atoms with Crippen LogP contribution in [-0.4, -0.2) is 20.0 Å². The summed E-state index contributed by atoms with van der Waals surface area (Å²) >= 11 is 0. The van der Waals surface area contributed by atoms with Crippen LogP contribution in [0.15, 0.2) is 44.9 Å². The number of rotatable bonds is 6. The summed E-state index contributed by atoms with van der Waals surface area (Å²) in [6, 6.07) is 8.10. The van der Waals surface area contributed by atoms with E-state index in [0.29, 0.717) is 12.4 Å². The summed E-state index contributed by atoms with van der Waals surface area (Å²) in [6.45, 7) is 6.24. The van der Waals surface area contributed by atoms with Crippen molar-refractivity contribution in [2.45, 2.75) is 43.2 Å². The topological polar surface area (TPSA) is 69.4 Å². The van der Waals surface area contributed by atoms with Gasteiger partial charge < -0.3 is 9.15 Å². The second-order valence-electron chi connectivity index (χ2n) is 4.97. The first-order valence-corrected chi connectivity index (χ1v) is 8.38. The third-order valence-electron chi connectivity index (χ3n) is 2.85. The van der Waals surface area contributed by atoms with Gasteiger partial charge in [0, 0.05) is 5.92 Å². The van der Waals surface area contributed by atoms with Gasteiger partial charge in [0.15, 0.2) is 5.76 Å². The number of sulfone groups is 1. The third-order valence-corrected chi connectivity index (χ3v) is 4.38. The summed E-state index contributed by atoms with van der Waals surface area (Å²) in [5.41, 5.74) is 0. The molecule has 0 N–H and O–H groups in total. The van der Waals surface area contributed by atoms with Crippen molar-refractivity contribution in [2.24, 2.45) is 0 Å². The van der Waals surface area contributed by atoms with E-state index >= 15 is 0 Å². The van der Waals surface area contributed by atoms with Crippen molar-refractivity contribution in [2.75, 3.05) is 6.61 Å². The molecule has 2 aromatic rings. The molecule has 6 heteroatoms. The molecule has 0 bridgehead atoms. The van der Waals surface area contributed by atoms with E-state index in [9.17, 15) is 8.42 Å². The highest BCUT2D eigenvalue weighted by molar-refractivity contribution is 7.91. The van der Waals surface area contributed by atoms with Gasteiger partial charge in [-0.2, -0.15) is 4.98 Å². The molecule has 0 atom stereocenters. The van der Waals surface area contributed by atoms with Crippen LogP contribution >= 0.6 is 0 Å². The van der Waals surface area contributed by atoms with E-state index in [1.165, 1.54) is 12.1 Å². The zero-order valence-electron chi connectivity index (χ0n) is 12.4. The van der Waals surface area contributed by atoms with E-state index in [1.54, 1.807) is 18.2 Å². The molecule has 0 unspecified atom stereocenters. The van der Waals surface area contributed by atoms with Gasteiger partial charge in [0.25, 0.3) is 15.7 Å². The maximum absolute atomic E-state index is 12.5. The van der Waals surface area contributed by atoms with E-state index in [2.05, 4.69) is 4.98 Å². The Balaban J connectivity index is 2.45. The predicted octanol–water partition coefficient (Wildman–Crippen LogP) is 3.42. The van der Waals surface area contributed by atoms with Gasteiger partial charge in [0.05, 0.1) is 11.5 Å². The summed E-state index contributed by atoms with van der Waals surface area (Å²) in [4.78, 5) is 4.20. The number of aromatic nitrogens is 1.